The number of phenolic OH excluding ortho intramolecular Hbond substituents is 1. The van der Waals surface area contributed by atoms with Crippen LogP contribution in [0.15, 0.2) is 52.1 Å². The molecule has 2 N–H and O–H groups in total. The lowest BCUT2D eigenvalue weighted by atomic mass is 10.2. The first-order valence-electron chi connectivity index (χ1n) is 8.53. The molecule has 2 aromatic carbocycles. The maximum atomic E-state index is 12.2. The van der Waals surface area contributed by atoms with Gasteiger partial charge in [0.15, 0.2) is 6.61 Å². The van der Waals surface area contributed by atoms with Gasteiger partial charge in [0.2, 0.25) is 0 Å². The number of carbonyl (C=O) groups excluding carboxylic acids is 1. The van der Waals surface area contributed by atoms with Gasteiger partial charge in [0, 0.05) is 13.1 Å². The van der Waals surface area contributed by atoms with E-state index in [4.69, 9.17) is 4.74 Å². The molecule has 8 heteroatoms. The molecule has 0 unspecified atom stereocenters. The van der Waals surface area contributed by atoms with Crippen molar-refractivity contribution < 1.29 is 14.6 Å². The van der Waals surface area contributed by atoms with E-state index in [0.29, 0.717) is 24.4 Å². The van der Waals surface area contributed by atoms with Gasteiger partial charge in [0.25, 0.3) is 11.5 Å². The molecule has 1 aliphatic heterocycles. The zero-order chi connectivity index (χ0) is 19.0. The van der Waals surface area contributed by atoms with Crippen molar-refractivity contribution in [2.24, 2.45) is 0 Å². The molecular weight excluding hydrogens is 350 g/mol. The van der Waals surface area contributed by atoms with Crippen LogP contribution in [0.5, 0.6) is 11.5 Å². The Morgan fingerprint density at radius 1 is 1.04 bits per heavy atom. The van der Waals surface area contributed by atoms with Crippen molar-refractivity contribution in [3.8, 4) is 11.5 Å². The highest BCUT2D eigenvalue weighted by atomic mass is 16.5. The number of hydrogen-bond donors (Lipinski definition) is 2. The van der Waals surface area contributed by atoms with E-state index in [2.05, 4.69) is 4.98 Å². The first kappa shape index (κ1) is 16.9. The molecule has 4 rings (SSSR count). The molecule has 0 aliphatic carbocycles. The summed E-state index contributed by atoms with van der Waals surface area (Å²) < 4.78 is 6.74. The van der Waals surface area contributed by atoms with Gasteiger partial charge in [-0.3, -0.25) is 19.1 Å². The van der Waals surface area contributed by atoms with Crippen LogP contribution in [0, 0.1) is 0 Å². The average molecular weight is 367 g/mol. The van der Waals surface area contributed by atoms with Crippen LogP contribution < -0.4 is 20.9 Å². The molecule has 0 radical (unpaired) electrons. The molecule has 0 bridgehead atoms. The Balaban J connectivity index is 1.61. The molecule has 0 spiro atoms. The van der Waals surface area contributed by atoms with E-state index in [0.717, 1.165) is 0 Å². The highest BCUT2D eigenvalue weighted by Crippen LogP contribution is 2.31. The van der Waals surface area contributed by atoms with E-state index in [-0.39, 0.29) is 35.7 Å². The largest absolute Gasteiger partial charge is 0.506 e. The second kappa shape index (κ2) is 6.64. The fourth-order valence-corrected chi connectivity index (χ4v) is 3.33. The van der Waals surface area contributed by atoms with Crippen molar-refractivity contribution in [3.63, 3.8) is 0 Å². The number of fused-ring (bicyclic) bond motifs is 2. The monoisotopic (exact) mass is 367 g/mol. The number of aryl methyl sites for hydroxylation is 1. The van der Waals surface area contributed by atoms with Crippen molar-refractivity contribution in [3.05, 3.63) is 63.3 Å². The topological polar surface area (TPSA) is 105 Å². The molecule has 1 aromatic heterocycles. The number of phenols is 1. The van der Waals surface area contributed by atoms with Crippen molar-refractivity contribution in [2.75, 3.05) is 18.1 Å². The third kappa shape index (κ3) is 2.95. The molecular formula is C19H17N3O5. The average Bonchev–Trinajstić information content (AvgIpc) is 2.66. The highest BCUT2D eigenvalue weighted by molar-refractivity contribution is 5.97. The summed E-state index contributed by atoms with van der Waals surface area (Å²) >= 11 is 0. The van der Waals surface area contributed by atoms with Crippen molar-refractivity contribution in [1.29, 1.82) is 0 Å². The Labute approximate surface area is 153 Å². The number of H-pyrrole nitrogens is 1. The van der Waals surface area contributed by atoms with Gasteiger partial charge in [-0.25, -0.2) is 4.79 Å². The van der Waals surface area contributed by atoms with E-state index in [1.54, 1.807) is 29.2 Å². The minimum absolute atomic E-state index is 0.0284. The molecule has 0 fully saturated rings. The third-order valence-corrected chi connectivity index (χ3v) is 4.57. The van der Waals surface area contributed by atoms with Gasteiger partial charge in [-0.05, 0) is 30.7 Å². The number of carbonyl (C=O) groups is 1. The number of nitrogens with zero attached hydrogens (tertiary/aromatic N) is 2. The molecule has 1 aliphatic rings. The summed E-state index contributed by atoms with van der Waals surface area (Å²) in [6.07, 6.45) is 0.454. The zero-order valence-electron chi connectivity index (χ0n) is 14.3. The molecule has 0 saturated heterocycles. The molecule has 2 heterocycles. The van der Waals surface area contributed by atoms with Gasteiger partial charge >= 0.3 is 5.69 Å². The number of aromatic hydroxyl groups is 1. The third-order valence-electron chi connectivity index (χ3n) is 4.57. The fourth-order valence-electron chi connectivity index (χ4n) is 3.33. The lowest BCUT2D eigenvalue weighted by Gasteiger charge is -2.29. The van der Waals surface area contributed by atoms with E-state index in [1.165, 1.54) is 10.6 Å². The van der Waals surface area contributed by atoms with Crippen LogP contribution in [0.25, 0.3) is 10.9 Å². The summed E-state index contributed by atoms with van der Waals surface area (Å²) in [6.45, 7) is 0.579. The van der Waals surface area contributed by atoms with Crippen LogP contribution in [0.1, 0.15) is 6.42 Å². The Morgan fingerprint density at radius 2 is 1.85 bits per heavy atom. The summed E-state index contributed by atoms with van der Waals surface area (Å²) in [5.74, 6) is 0.347. The first-order valence-corrected chi connectivity index (χ1v) is 8.53. The SMILES string of the molecule is O=C1COc2ccccc2N1CCCn1c(=O)[nH]c(=O)c2cccc(O)c21. The molecule has 3 aromatic rings. The summed E-state index contributed by atoms with van der Waals surface area (Å²) in [7, 11) is 0. The first-order chi connectivity index (χ1) is 13.1. The number of aromatic amines is 1. The Morgan fingerprint density at radius 3 is 2.70 bits per heavy atom. The van der Waals surface area contributed by atoms with Crippen molar-refractivity contribution in [1.82, 2.24) is 9.55 Å². The lowest BCUT2D eigenvalue weighted by Crippen LogP contribution is -2.40. The van der Waals surface area contributed by atoms with E-state index in [1.807, 2.05) is 12.1 Å². The minimum Gasteiger partial charge on any atom is -0.506 e. The van der Waals surface area contributed by atoms with Gasteiger partial charge in [-0.15, -0.1) is 0 Å². The van der Waals surface area contributed by atoms with Gasteiger partial charge < -0.3 is 14.7 Å². The highest BCUT2D eigenvalue weighted by Gasteiger charge is 2.24. The van der Waals surface area contributed by atoms with E-state index >= 15 is 0 Å². The number of ether oxygens (including phenoxy) is 1. The quantitative estimate of drug-likeness (QED) is 0.721. The molecule has 27 heavy (non-hydrogen) atoms. The van der Waals surface area contributed by atoms with E-state index in [9.17, 15) is 19.5 Å². The van der Waals surface area contributed by atoms with Crippen LogP contribution in [-0.2, 0) is 11.3 Å². The molecule has 0 atom stereocenters. The van der Waals surface area contributed by atoms with Gasteiger partial charge in [0.1, 0.15) is 17.0 Å². The second-order valence-corrected chi connectivity index (χ2v) is 6.24. The smallest absolute Gasteiger partial charge is 0.328 e. The number of aromatic nitrogens is 2. The van der Waals surface area contributed by atoms with Crippen molar-refractivity contribution >= 4 is 22.5 Å². The van der Waals surface area contributed by atoms with Crippen LogP contribution in [0.2, 0.25) is 0 Å². The van der Waals surface area contributed by atoms with Crippen LogP contribution in [-0.4, -0.2) is 33.7 Å². The van der Waals surface area contributed by atoms with Gasteiger partial charge in [-0.1, -0.05) is 18.2 Å². The summed E-state index contributed by atoms with van der Waals surface area (Å²) in [4.78, 5) is 40.3. The lowest BCUT2D eigenvalue weighted by molar-refractivity contribution is -0.121. The number of rotatable bonds is 4. The van der Waals surface area contributed by atoms with Crippen LogP contribution >= 0.6 is 0 Å². The fraction of sp³-hybridized carbons (Fsp3) is 0.211. The molecule has 1 amide bonds. The van der Waals surface area contributed by atoms with Crippen LogP contribution in [0.3, 0.4) is 0 Å². The zero-order valence-corrected chi connectivity index (χ0v) is 14.3. The minimum atomic E-state index is -0.595. The number of hydrogen-bond acceptors (Lipinski definition) is 5. The Kier molecular flexibility index (Phi) is 4.15. The number of benzene rings is 2. The standard InChI is InChI=1S/C19H17N3O5/c23-14-7-3-5-12-17(14)22(19(26)20-18(12)25)10-4-9-21-13-6-1-2-8-15(13)27-11-16(21)24/h1-3,5-8,23H,4,9-11H2,(H,20,25,26). The number of para-hydroxylation sites is 3. The number of anilines is 1. The Bertz CT molecular complexity index is 1150. The maximum absolute atomic E-state index is 12.2. The molecule has 138 valence electrons. The normalized spacial score (nSPS) is 13.5. The summed E-state index contributed by atoms with van der Waals surface area (Å²) in [6, 6.07) is 11.8. The summed E-state index contributed by atoms with van der Waals surface area (Å²) in [5, 5.41) is 10.4. The number of nitrogens with one attached hydrogen (secondary N) is 1. The predicted octanol–water partition coefficient (Wildman–Crippen LogP) is 1.21. The summed E-state index contributed by atoms with van der Waals surface area (Å²) in [5.41, 5.74) is -0.252. The molecule has 8 nitrogen and oxygen atoms in total. The predicted molar refractivity (Wildman–Crippen MR) is 99.4 cm³/mol. The van der Waals surface area contributed by atoms with Crippen LogP contribution in [0.4, 0.5) is 5.69 Å². The van der Waals surface area contributed by atoms with Gasteiger partial charge in [-0.2, -0.15) is 0 Å². The second-order valence-electron chi connectivity index (χ2n) is 6.24. The molecule has 0 saturated carbocycles. The van der Waals surface area contributed by atoms with E-state index < -0.39 is 11.2 Å². The van der Waals surface area contributed by atoms with Gasteiger partial charge in [0.05, 0.1) is 11.1 Å². The van der Waals surface area contributed by atoms with Crippen molar-refractivity contribution in [2.45, 2.75) is 13.0 Å². The maximum Gasteiger partial charge on any atom is 0.328 e. The Hall–Kier alpha value is -3.55. The number of amides is 1.